The van der Waals surface area contributed by atoms with Gasteiger partial charge in [-0.15, -0.1) is 11.3 Å². The molecule has 0 amide bonds. The van der Waals surface area contributed by atoms with Crippen molar-refractivity contribution in [2.75, 3.05) is 0 Å². The van der Waals surface area contributed by atoms with E-state index in [0.29, 0.717) is 0 Å². The SMILES string of the molecule is Cc1ccc(C(Br)c2cc(C)sc2C)c(Cl)c1. The Kier molecular flexibility index (Phi) is 3.96. The molecule has 17 heavy (non-hydrogen) atoms. The molecule has 1 heterocycles. The highest BCUT2D eigenvalue weighted by molar-refractivity contribution is 9.09. The van der Waals surface area contributed by atoms with E-state index in [-0.39, 0.29) is 4.83 Å². The lowest BCUT2D eigenvalue weighted by Crippen LogP contribution is -1.94. The molecule has 0 aliphatic carbocycles. The molecule has 2 aromatic rings. The number of benzene rings is 1. The highest BCUT2D eigenvalue weighted by Crippen LogP contribution is 2.39. The van der Waals surface area contributed by atoms with Crippen molar-refractivity contribution in [2.24, 2.45) is 0 Å². The third kappa shape index (κ3) is 2.75. The Balaban J connectivity index is 2.43. The second kappa shape index (κ2) is 5.13. The first-order chi connectivity index (χ1) is 7.99. The highest BCUT2D eigenvalue weighted by Gasteiger charge is 2.17. The predicted molar refractivity (Wildman–Crippen MR) is 80.8 cm³/mol. The fraction of sp³-hybridized carbons (Fsp3) is 0.286. The zero-order chi connectivity index (χ0) is 12.6. The number of alkyl halides is 1. The minimum Gasteiger partial charge on any atom is -0.146 e. The van der Waals surface area contributed by atoms with Crippen LogP contribution < -0.4 is 0 Å². The van der Waals surface area contributed by atoms with E-state index in [9.17, 15) is 0 Å². The summed E-state index contributed by atoms with van der Waals surface area (Å²) in [5, 5.41) is 0.829. The van der Waals surface area contributed by atoms with Gasteiger partial charge in [-0.25, -0.2) is 0 Å². The Bertz CT molecular complexity index is 545. The summed E-state index contributed by atoms with van der Waals surface area (Å²) in [6.07, 6.45) is 0. The van der Waals surface area contributed by atoms with E-state index in [0.717, 1.165) is 10.6 Å². The average molecular weight is 330 g/mol. The molecule has 0 N–H and O–H groups in total. The van der Waals surface area contributed by atoms with Crippen LogP contribution in [0.25, 0.3) is 0 Å². The summed E-state index contributed by atoms with van der Waals surface area (Å²) in [5.41, 5.74) is 3.65. The van der Waals surface area contributed by atoms with Crippen molar-refractivity contribution in [3.63, 3.8) is 0 Å². The van der Waals surface area contributed by atoms with Crippen LogP contribution in [0.15, 0.2) is 24.3 Å². The Morgan fingerprint density at radius 3 is 2.35 bits per heavy atom. The van der Waals surface area contributed by atoms with Crippen LogP contribution in [-0.4, -0.2) is 0 Å². The molecule has 0 aliphatic heterocycles. The molecule has 0 spiro atoms. The molecule has 0 aliphatic rings. The Hall–Kier alpha value is -0.310. The zero-order valence-corrected chi connectivity index (χ0v) is 13.2. The van der Waals surface area contributed by atoms with Crippen molar-refractivity contribution >= 4 is 38.9 Å². The van der Waals surface area contributed by atoms with Gasteiger partial charge < -0.3 is 0 Å². The van der Waals surface area contributed by atoms with Gasteiger partial charge in [-0.3, -0.25) is 0 Å². The van der Waals surface area contributed by atoms with Crippen LogP contribution in [0.3, 0.4) is 0 Å². The van der Waals surface area contributed by atoms with Gasteiger partial charge in [0, 0.05) is 14.8 Å². The number of aryl methyl sites for hydroxylation is 3. The molecule has 1 unspecified atom stereocenters. The van der Waals surface area contributed by atoms with Crippen LogP contribution in [0.1, 0.15) is 31.3 Å². The molecule has 2 rings (SSSR count). The van der Waals surface area contributed by atoms with Crippen molar-refractivity contribution in [2.45, 2.75) is 25.6 Å². The highest BCUT2D eigenvalue weighted by atomic mass is 79.9. The fourth-order valence-electron chi connectivity index (χ4n) is 1.91. The van der Waals surface area contributed by atoms with Gasteiger partial charge in [0.15, 0.2) is 0 Å². The number of hydrogen-bond donors (Lipinski definition) is 0. The van der Waals surface area contributed by atoms with Crippen molar-refractivity contribution in [1.29, 1.82) is 0 Å². The number of rotatable bonds is 2. The molecular weight excluding hydrogens is 316 g/mol. The summed E-state index contributed by atoms with van der Waals surface area (Å²) < 4.78 is 0. The first-order valence-corrected chi connectivity index (χ1v) is 7.57. The van der Waals surface area contributed by atoms with Gasteiger partial charge in [-0.2, -0.15) is 0 Å². The second-order valence-electron chi connectivity index (χ2n) is 4.26. The molecule has 0 radical (unpaired) electrons. The first-order valence-electron chi connectivity index (χ1n) is 5.46. The van der Waals surface area contributed by atoms with E-state index >= 15 is 0 Å². The van der Waals surface area contributed by atoms with E-state index in [1.165, 1.54) is 20.9 Å². The van der Waals surface area contributed by atoms with Crippen LogP contribution in [0.4, 0.5) is 0 Å². The Morgan fingerprint density at radius 1 is 1.12 bits per heavy atom. The lowest BCUT2D eigenvalue weighted by Gasteiger charge is -2.12. The quantitative estimate of drug-likeness (QED) is 0.610. The van der Waals surface area contributed by atoms with Crippen LogP contribution in [-0.2, 0) is 0 Å². The third-order valence-electron chi connectivity index (χ3n) is 2.78. The molecule has 1 atom stereocenters. The topological polar surface area (TPSA) is 0 Å². The van der Waals surface area contributed by atoms with E-state index in [2.05, 4.69) is 54.9 Å². The average Bonchev–Trinajstić information content (AvgIpc) is 2.57. The molecule has 3 heteroatoms. The lowest BCUT2D eigenvalue weighted by molar-refractivity contribution is 1.16. The number of halogens is 2. The molecule has 1 aromatic heterocycles. The van der Waals surface area contributed by atoms with Crippen molar-refractivity contribution in [1.82, 2.24) is 0 Å². The summed E-state index contributed by atoms with van der Waals surface area (Å²) in [6.45, 7) is 6.35. The Morgan fingerprint density at radius 2 is 1.82 bits per heavy atom. The minimum absolute atomic E-state index is 0.181. The number of hydrogen-bond acceptors (Lipinski definition) is 1. The lowest BCUT2D eigenvalue weighted by atomic mass is 10.0. The van der Waals surface area contributed by atoms with Gasteiger partial charge in [-0.1, -0.05) is 39.7 Å². The molecule has 0 nitrogen and oxygen atoms in total. The maximum absolute atomic E-state index is 6.31. The van der Waals surface area contributed by atoms with Crippen LogP contribution in [0.5, 0.6) is 0 Å². The van der Waals surface area contributed by atoms with Gasteiger partial charge in [0.25, 0.3) is 0 Å². The van der Waals surface area contributed by atoms with E-state index < -0.39 is 0 Å². The van der Waals surface area contributed by atoms with Gasteiger partial charge in [0.2, 0.25) is 0 Å². The summed E-state index contributed by atoms with van der Waals surface area (Å²) >= 11 is 11.9. The maximum atomic E-state index is 6.31. The number of thiophene rings is 1. The largest absolute Gasteiger partial charge is 0.146 e. The minimum atomic E-state index is 0.181. The molecule has 0 saturated heterocycles. The maximum Gasteiger partial charge on any atom is 0.0669 e. The molecule has 1 aromatic carbocycles. The van der Waals surface area contributed by atoms with Crippen molar-refractivity contribution in [3.8, 4) is 0 Å². The van der Waals surface area contributed by atoms with Gasteiger partial charge in [0.05, 0.1) is 4.83 Å². The van der Waals surface area contributed by atoms with Crippen molar-refractivity contribution < 1.29 is 0 Å². The monoisotopic (exact) mass is 328 g/mol. The van der Waals surface area contributed by atoms with Gasteiger partial charge in [0.1, 0.15) is 0 Å². The first kappa shape index (κ1) is 13.1. The predicted octanol–water partition coefficient (Wildman–Crippen LogP) is 5.81. The zero-order valence-electron chi connectivity index (χ0n) is 10.1. The smallest absolute Gasteiger partial charge is 0.0669 e. The summed E-state index contributed by atoms with van der Waals surface area (Å²) in [6, 6.07) is 8.45. The normalized spacial score (nSPS) is 12.8. The van der Waals surface area contributed by atoms with Crippen LogP contribution >= 0.6 is 38.9 Å². The molecule has 0 fully saturated rings. The van der Waals surface area contributed by atoms with Gasteiger partial charge in [-0.05, 0) is 49.6 Å². The molecule has 90 valence electrons. The van der Waals surface area contributed by atoms with E-state index in [4.69, 9.17) is 11.6 Å². The summed E-state index contributed by atoms with van der Waals surface area (Å²) in [4.78, 5) is 2.87. The van der Waals surface area contributed by atoms with E-state index in [1.807, 2.05) is 17.4 Å². The third-order valence-corrected chi connectivity index (χ3v) is 5.08. The van der Waals surface area contributed by atoms with Crippen LogP contribution in [0.2, 0.25) is 5.02 Å². The molecule has 0 saturated carbocycles. The summed E-state index contributed by atoms with van der Waals surface area (Å²) in [7, 11) is 0. The second-order valence-corrected chi connectivity index (χ2v) is 7.04. The van der Waals surface area contributed by atoms with Gasteiger partial charge >= 0.3 is 0 Å². The molecular formula is C14H14BrClS. The van der Waals surface area contributed by atoms with Crippen LogP contribution in [0, 0.1) is 20.8 Å². The Labute approximate surface area is 120 Å². The summed E-state index contributed by atoms with van der Waals surface area (Å²) in [5.74, 6) is 0. The van der Waals surface area contributed by atoms with Crippen molar-refractivity contribution in [3.05, 3.63) is 55.7 Å². The molecule has 0 bridgehead atoms. The fourth-order valence-corrected chi connectivity index (χ4v) is 4.37. The standard InChI is InChI=1S/C14H14BrClS/c1-8-4-5-11(13(16)6-8)14(15)12-7-9(2)17-10(12)3/h4-7,14H,1-3H3. The van der Waals surface area contributed by atoms with E-state index in [1.54, 1.807) is 0 Å².